The molecule has 0 N–H and O–H groups in total. The van der Waals surface area contributed by atoms with E-state index < -0.39 is 15.7 Å². The summed E-state index contributed by atoms with van der Waals surface area (Å²) in [6.07, 6.45) is 3.34. The second kappa shape index (κ2) is 6.72. The van der Waals surface area contributed by atoms with Gasteiger partial charge in [0.1, 0.15) is 16.8 Å². The van der Waals surface area contributed by atoms with E-state index in [1.54, 1.807) is 11.6 Å². The fourth-order valence-electron chi connectivity index (χ4n) is 3.15. The van der Waals surface area contributed by atoms with Crippen LogP contribution in [0, 0.1) is 6.92 Å². The van der Waals surface area contributed by atoms with Gasteiger partial charge in [0.05, 0.1) is 21.4 Å². The highest BCUT2D eigenvalue weighted by Crippen LogP contribution is 2.35. The smallest absolute Gasteiger partial charge is 0.261 e. The maximum Gasteiger partial charge on any atom is 0.261 e. The summed E-state index contributed by atoms with van der Waals surface area (Å²) in [6, 6.07) is 3.87. The molecular weight excluding hydrogens is 346 g/mol. The number of hydrogen-bond acceptors (Lipinski definition) is 3. The van der Waals surface area contributed by atoms with Crippen LogP contribution in [0.15, 0.2) is 21.3 Å². The van der Waals surface area contributed by atoms with Crippen molar-refractivity contribution in [1.82, 2.24) is 9.55 Å². The van der Waals surface area contributed by atoms with Crippen LogP contribution in [0.3, 0.4) is 0 Å². The molecule has 6 heteroatoms. The SMILES string of the molecule is C/C(=N\[S@](=O)C(C)(C)C)c1cc(C)cc2c(=O)n(C)c(C3CCC3)nc12. The third kappa shape index (κ3) is 3.39. The minimum absolute atomic E-state index is 0.0217. The molecule has 1 aromatic carbocycles. The molecular formula is C20H27N3O2S. The minimum atomic E-state index is -1.35. The number of fused-ring (bicyclic) bond motifs is 1. The van der Waals surface area contributed by atoms with Gasteiger partial charge in [0, 0.05) is 18.5 Å². The summed E-state index contributed by atoms with van der Waals surface area (Å²) >= 11 is 0. The van der Waals surface area contributed by atoms with Crippen molar-refractivity contribution in [2.24, 2.45) is 11.4 Å². The maximum atomic E-state index is 12.9. The summed E-state index contributed by atoms with van der Waals surface area (Å²) in [4.78, 5) is 17.8. The molecule has 5 nitrogen and oxygen atoms in total. The van der Waals surface area contributed by atoms with Gasteiger partial charge < -0.3 is 0 Å². The van der Waals surface area contributed by atoms with Crippen molar-refractivity contribution in [3.05, 3.63) is 39.4 Å². The molecule has 26 heavy (non-hydrogen) atoms. The van der Waals surface area contributed by atoms with Gasteiger partial charge >= 0.3 is 0 Å². The summed E-state index contributed by atoms with van der Waals surface area (Å²) in [5.41, 5.74) is 3.08. The molecule has 1 fully saturated rings. The molecule has 1 aliphatic rings. The Balaban J connectivity index is 2.25. The summed E-state index contributed by atoms with van der Waals surface area (Å²) in [5.74, 6) is 1.20. The van der Waals surface area contributed by atoms with Gasteiger partial charge in [-0.05, 0) is 65.2 Å². The predicted molar refractivity (Wildman–Crippen MR) is 108 cm³/mol. The third-order valence-corrected chi connectivity index (χ3v) is 6.45. The third-order valence-electron chi connectivity index (χ3n) is 4.96. The lowest BCUT2D eigenvalue weighted by molar-refractivity contribution is 0.389. The van der Waals surface area contributed by atoms with Crippen LogP contribution in [-0.4, -0.2) is 24.2 Å². The number of rotatable bonds is 3. The van der Waals surface area contributed by atoms with E-state index in [1.165, 1.54) is 6.42 Å². The monoisotopic (exact) mass is 373 g/mol. The Morgan fingerprint density at radius 2 is 1.96 bits per heavy atom. The van der Waals surface area contributed by atoms with Crippen LogP contribution in [-0.2, 0) is 18.0 Å². The minimum Gasteiger partial charge on any atom is -0.299 e. The van der Waals surface area contributed by atoms with Crippen LogP contribution in [0.5, 0.6) is 0 Å². The van der Waals surface area contributed by atoms with Crippen LogP contribution in [0.4, 0.5) is 0 Å². The van der Waals surface area contributed by atoms with Crippen molar-refractivity contribution >= 4 is 27.6 Å². The standard InChI is InChI=1S/C20H27N3O2S/c1-12-10-15(13(2)22-26(25)20(3,4)5)17-16(11-12)19(24)23(6)18(21-17)14-8-7-9-14/h10-11,14H,7-9H2,1-6H3/b22-13+/t26-/m1/s1. The molecule has 1 aromatic heterocycles. The molecule has 2 aromatic rings. The Hall–Kier alpha value is -1.82. The first-order valence-corrected chi connectivity index (χ1v) is 10.2. The highest BCUT2D eigenvalue weighted by molar-refractivity contribution is 7.85. The second-order valence-electron chi connectivity index (χ2n) is 8.21. The largest absolute Gasteiger partial charge is 0.299 e. The Morgan fingerprint density at radius 1 is 1.31 bits per heavy atom. The summed E-state index contributed by atoms with van der Waals surface area (Å²) in [6.45, 7) is 9.50. The number of hydrogen-bond donors (Lipinski definition) is 0. The second-order valence-corrected chi connectivity index (χ2v) is 10.1. The lowest BCUT2D eigenvalue weighted by Crippen LogP contribution is -2.27. The van der Waals surface area contributed by atoms with Crippen molar-refractivity contribution in [3.8, 4) is 0 Å². The quantitative estimate of drug-likeness (QED) is 0.769. The molecule has 1 heterocycles. The van der Waals surface area contributed by atoms with E-state index in [0.717, 1.165) is 29.8 Å². The highest BCUT2D eigenvalue weighted by Gasteiger charge is 2.26. The number of benzene rings is 1. The first kappa shape index (κ1) is 19.0. The van der Waals surface area contributed by atoms with Crippen LogP contribution >= 0.6 is 0 Å². The number of aryl methyl sites for hydroxylation is 1. The molecule has 1 aliphatic carbocycles. The highest BCUT2D eigenvalue weighted by atomic mass is 32.2. The van der Waals surface area contributed by atoms with Gasteiger partial charge in [-0.1, -0.05) is 6.42 Å². The van der Waals surface area contributed by atoms with Crippen LogP contribution in [0.1, 0.15) is 69.8 Å². The molecule has 0 saturated heterocycles. The van der Waals surface area contributed by atoms with Gasteiger partial charge in [-0.15, -0.1) is 0 Å². The van der Waals surface area contributed by atoms with Crippen molar-refractivity contribution < 1.29 is 4.21 Å². The fourth-order valence-corrected chi connectivity index (χ4v) is 3.78. The average molecular weight is 374 g/mol. The lowest BCUT2D eigenvalue weighted by atomic mass is 9.84. The molecule has 0 spiro atoms. The van der Waals surface area contributed by atoms with Crippen LogP contribution in [0.2, 0.25) is 0 Å². The summed E-state index contributed by atoms with van der Waals surface area (Å²) in [7, 11) is 0.451. The van der Waals surface area contributed by atoms with Gasteiger partial charge in [-0.3, -0.25) is 9.36 Å². The summed E-state index contributed by atoms with van der Waals surface area (Å²) in [5, 5.41) is 0.599. The predicted octanol–water partition coefficient (Wildman–Crippen LogP) is 3.78. The van der Waals surface area contributed by atoms with E-state index in [2.05, 4.69) is 4.40 Å². The van der Waals surface area contributed by atoms with E-state index in [-0.39, 0.29) is 5.56 Å². The first-order chi connectivity index (χ1) is 12.1. The Labute approximate surface area is 157 Å². The zero-order valence-corrected chi connectivity index (χ0v) is 17.2. The molecule has 0 bridgehead atoms. The van der Waals surface area contributed by atoms with Crippen molar-refractivity contribution in [2.45, 2.75) is 64.5 Å². The molecule has 0 aliphatic heterocycles. The van der Waals surface area contributed by atoms with Crippen LogP contribution < -0.4 is 5.56 Å². The maximum absolute atomic E-state index is 12.9. The number of aromatic nitrogens is 2. The summed E-state index contributed by atoms with van der Waals surface area (Å²) < 4.78 is 18.1. The normalized spacial score (nSPS) is 17.4. The van der Waals surface area contributed by atoms with Gasteiger partial charge in [-0.2, -0.15) is 4.40 Å². The Kier molecular flexibility index (Phi) is 4.90. The Bertz CT molecular complexity index is 979. The topological polar surface area (TPSA) is 64.3 Å². The zero-order chi connectivity index (χ0) is 19.2. The van der Waals surface area contributed by atoms with E-state index in [4.69, 9.17) is 4.98 Å². The fraction of sp³-hybridized carbons (Fsp3) is 0.550. The average Bonchev–Trinajstić information content (AvgIpc) is 2.49. The number of nitrogens with zero attached hydrogens (tertiary/aromatic N) is 3. The molecule has 3 rings (SSSR count). The van der Waals surface area contributed by atoms with Gasteiger partial charge in [0.25, 0.3) is 5.56 Å². The molecule has 140 valence electrons. The van der Waals surface area contributed by atoms with E-state index in [1.807, 2.05) is 46.8 Å². The van der Waals surface area contributed by atoms with Crippen molar-refractivity contribution in [3.63, 3.8) is 0 Å². The van der Waals surface area contributed by atoms with Crippen molar-refractivity contribution in [2.75, 3.05) is 0 Å². The van der Waals surface area contributed by atoms with Crippen molar-refractivity contribution in [1.29, 1.82) is 0 Å². The van der Waals surface area contributed by atoms with Crippen LogP contribution in [0.25, 0.3) is 10.9 Å². The molecule has 0 radical (unpaired) electrons. The molecule has 0 amide bonds. The van der Waals surface area contributed by atoms with Gasteiger partial charge in [0.15, 0.2) is 0 Å². The lowest BCUT2D eigenvalue weighted by Gasteiger charge is -2.26. The Morgan fingerprint density at radius 3 is 2.50 bits per heavy atom. The van der Waals surface area contributed by atoms with Gasteiger partial charge in [-0.25, -0.2) is 9.19 Å². The first-order valence-electron chi connectivity index (χ1n) is 9.08. The molecule has 0 unspecified atom stereocenters. The van der Waals surface area contributed by atoms with E-state index in [0.29, 0.717) is 22.5 Å². The van der Waals surface area contributed by atoms with E-state index >= 15 is 0 Å². The molecule has 1 atom stereocenters. The zero-order valence-electron chi connectivity index (χ0n) is 16.4. The molecule has 1 saturated carbocycles. The van der Waals surface area contributed by atoms with Gasteiger partial charge in [0.2, 0.25) is 0 Å². The van der Waals surface area contributed by atoms with E-state index in [9.17, 15) is 9.00 Å².